The molecule has 2 N–H and O–H groups in total. The van der Waals surface area contributed by atoms with Crippen molar-refractivity contribution in [3.05, 3.63) is 35.4 Å². The number of carboxylic acids is 1. The molecule has 1 saturated carbocycles. The van der Waals surface area contributed by atoms with E-state index in [4.69, 9.17) is 9.84 Å². The third-order valence-corrected chi connectivity index (χ3v) is 5.32. The minimum Gasteiger partial charge on any atom is -0.478 e. The molecule has 3 rings (SSSR count). The van der Waals surface area contributed by atoms with E-state index in [9.17, 15) is 4.79 Å². The van der Waals surface area contributed by atoms with Crippen molar-refractivity contribution in [2.45, 2.75) is 38.3 Å². The SMILES string of the molecule is COCC1(CNC2CC2)CCN(Cc2ccc(C(=O)O)cc2)CC1. The number of piperidine rings is 1. The lowest BCUT2D eigenvalue weighted by molar-refractivity contribution is 0.0194. The van der Waals surface area contributed by atoms with E-state index in [1.54, 1.807) is 19.2 Å². The third kappa shape index (κ3) is 4.56. The molecule has 1 saturated heterocycles. The van der Waals surface area contributed by atoms with E-state index in [2.05, 4.69) is 10.2 Å². The minimum atomic E-state index is -0.868. The highest BCUT2D eigenvalue weighted by molar-refractivity contribution is 5.87. The Kier molecular flexibility index (Phi) is 5.54. The first-order chi connectivity index (χ1) is 11.6. The molecule has 1 aliphatic carbocycles. The standard InChI is InChI=1S/C19H28N2O3/c1-24-14-19(13-20-17-6-7-17)8-10-21(11-9-19)12-15-2-4-16(5-3-15)18(22)23/h2-5,17,20H,6-14H2,1H3,(H,22,23). The molecular weight excluding hydrogens is 304 g/mol. The maximum absolute atomic E-state index is 10.9. The molecule has 1 heterocycles. The van der Waals surface area contributed by atoms with Gasteiger partial charge in [0.1, 0.15) is 0 Å². The molecule has 0 amide bonds. The van der Waals surface area contributed by atoms with Crippen molar-refractivity contribution in [2.24, 2.45) is 5.41 Å². The van der Waals surface area contributed by atoms with Crippen LogP contribution in [-0.4, -0.2) is 55.4 Å². The quantitative estimate of drug-likeness (QED) is 0.765. The first kappa shape index (κ1) is 17.4. The van der Waals surface area contributed by atoms with Gasteiger partial charge in [0.05, 0.1) is 12.2 Å². The molecule has 0 unspecified atom stereocenters. The van der Waals surface area contributed by atoms with Crippen LogP contribution >= 0.6 is 0 Å². The topological polar surface area (TPSA) is 61.8 Å². The molecule has 5 heteroatoms. The number of likely N-dealkylation sites (tertiary alicyclic amines) is 1. The fraction of sp³-hybridized carbons (Fsp3) is 0.632. The van der Waals surface area contributed by atoms with Gasteiger partial charge >= 0.3 is 5.97 Å². The lowest BCUT2D eigenvalue weighted by atomic mass is 9.78. The van der Waals surface area contributed by atoms with E-state index in [0.717, 1.165) is 51.7 Å². The van der Waals surface area contributed by atoms with Crippen LogP contribution in [0.1, 0.15) is 41.6 Å². The second-order valence-electron chi connectivity index (χ2n) is 7.37. The van der Waals surface area contributed by atoms with Crippen LogP contribution in [0.15, 0.2) is 24.3 Å². The highest BCUT2D eigenvalue weighted by Crippen LogP contribution is 2.33. The van der Waals surface area contributed by atoms with Crippen LogP contribution in [0.5, 0.6) is 0 Å². The fourth-order valence-corrected chi connectivity index (χ4v) is 3.52. The predicted octanol–water partition coefficient (Wildman–Crippen LogP) is 2.37. The summed E-state index contributed by atoms with van der Waals surface area (Å²) in [6, 6.07) is 7.97. The van der Waals surface area contributed by atoms with E-state index in [1.807, 2.05) is 12.1 Å². The van der Waals surface area contributed by atoms with E-state index in [1.165, 1.54) is 18.4 Å². The number of ether oxygens (including phenoxy) is 1. The summed E-state index contributed by atoms with van der Waals surface area (Å²) in [6.07, 6.45) is 4.94. The molecule has 24 heavy (non-hydrogen) atoms. The van der Waals surface area contributed by atoms with Crippen molar-refractivity contribution in [1.82, 2.24) is 10.2 Å². The zero-order chi connectivity index (χ0) is 17.0. The van der Waals surface area contributed by atoms with Crippen LogP contribution in [-0.2, 0) is 11.3 Å². The van der Waals surface area contributed by atoms with E-state index in [-0.39, 0.29) is 5.41 Å². The van der Waals surface area contributed by atoms with Gasteiger partial charge in [0.25, 0.3) is 0 Å². The molecule has 0 aromatic heterocycles. The predicted molar refractivity (Wildman–Crippen MR) is 93.2 cm³/mol. The van der Waals surface area contributed by atoms with Crippen molar-refractivity contribution in [1.29, 1.82) is 0 Å². The molecule has 2 fully saturated rings. The largest absolute Gasteiger partial charge is 0.478 e. The van der Waals surface area contributed by atoms with Gasteiger partial charge < -0.3 is 15.2 Å². The number of carbonyl (C=O) groups is 1. The molecule has 0 spiro atoms. The number of nitrogens with zero attached hydrogens (tertiary/aromatic N) is 1. The zero-order valence-corrected chi connectivity index (χ0v) is 14.5. The van der Waals surface area contributed by atoms with Gasteiger partial charge in [-0.25, -0.2) is 4.79 Å². The Balaban J connectivity index is 1.51. The molecular formula is C19H28N2O3. The summed E-state index contributed by atoms with van der Waals surface area (Å²) in [5.74, 6) is -0.868. The molecule has 0 atom stereocenters. The zero-order valence-electron chi connectivity index (χ0n) is 14.5. The van der Waals surface area contributed by atoms with Gasteiger partial charge in [-0.05, 0) is 56.5 Å². The maximum atomic E-state index is 10.9. The van der Waals surface area contributed by atoms with Crippen molar-refractivity contribution >= 4 is 5.97 Å². The molecule has 2 aliphatic rings. The summed E-state index contributed by atoms with van der Waals surface area (Å²) in [5.41, 5.74) is 1.79. The van der Waals surface area contributed by atoms with Gasteiger partial charge in [0.15, 0.2) is 0 Å². The molecule has 132 valence electrons. The van der Waals surface area contributed by atoms with E-state index < -0.39 is 5.97 Å². The van der Waals surface area contributed by atoms with Crippen LogP contribution in [0.4, 0.5) is 0 Å². The van der Waals surface area contributed by atoms with Crippen LogP contribution in [0.25, 0.3) is 0 Å². The number of methoxy groups -OCH3 is 1. The van der Waals surface area contributed by atoms with Gasteiger partial charge in [-0.1, -0.05) is 12.1 Å². The Labute approximate surface area is 144 Å². The van der Waals surface area contributed by atoms with Gasteiger partial charge in [-0.3, -0.25) is 4.90 Å². The fourth-order valence-electron chi connectivity index (χ4n) is 3.52. The van der Waals surface area contributed by atoms with Crippen LogP contribution in [0.3, 0.4) is 0 Å². The molecule has 0 bridgehead atoms. The van der Waals surface area contributed by atoms with E-state index >= 15 is 0 Å². The summed E-state index contributed by atoms with van der Waals surface area (Å²) >= 11 is 0. The number of benzene rings is 1. The van der Waals surface area contributed by atoms with Crippen molar-refractivity contribution in [3.63, 3.8) is 0 Å². The van der Waals surface area contributed by atoms with Crippen LogP contribution in [0, 0.1) is 5.41 Å². The Morgan fingerprint density at radius 2 is 1.96 bits per heavy atom. The lowest BCUT2D eigenvalue weighted by Crippen LogP contribution is -2.47. The molecule has 0 radical (unpaired) electrons. The van der Waals surface area contributed by atoms with Gasteiger partial charge in [-0.15, -0.1) is 0 Å². The third-order valence-electron chi connectivity index (χ3n) is 5.32. The lowest BCUT2D eigenvalue weighted by Gasteiger charge is -2.41. The maximum Gasteiger partial charge on any atom is 0.335 e. The van der Waals surface area contributed by atoms with Gasteiger partial charge in [-0.2, -0.15) is 0 Å². The Morgan fingerprint density at radius 3 is 2.50 bits per heavy atom. The number of rotatable bonds is 8. The second kappa shape index (κ2) is 7.64. The highest BCUT2D eigenvalue weighted by atomic mass is 16.5. The normalized spacial score (nSPS) is 20.9. The summed E-state index contributed by atoms with van der Waals surface area (Å²) < 4.78 is 5.51. The second-order valence-corrected chi connectivity index (χ2v) is 7.37. The van der Waals surface area contributed by atoms with Crippen LogP contribution < -0.4 is 5.32 Å². The summed E-state index contributed by atoms with van der Waals surface area (Å²) in [4.78, 5) is 13.4. The number of hydrogen-bond acceptors (Lipinski definition) is 4. The average Bonchev–Trinajstić information content (AvgIpc) is 3.40. The minimum absolute atomic E-state index is 0.265. The number of carboxylic acid groups (broad SMARTS) is 1. The first-order valence-corrected chi connectivity index (χ1v) is 8.87. The Bertz CT molecular complexity index is 546. The van der Waals surface area contributed by atoms with Gasteiger partial charge in [0.2, 0.25) is 0 Å². The summed E-state index contributed by atoms with van der Waals surface area (Å²) in [7, 11) is 1.80. The molecule has 1 aromatic rings. The molecule has 5 nitrogen and oxygen atoms in total. The summed E-state index contributed by atoms with van der Waals surface area (Å²) in [6.45, 7) is 4.91. The average molecular weight is 332 g/mol. The Morgan fingerprint density at radius 1 is 1.29 bits per heavy atom. The Hall–Kier alpha value is -1.43. The molecule has 1 aliphatic heterocycles. The van der Waals surface area contributed by atoms with Crippen molar-refractivity contribution in [2.75, 3.05) is 33.4 Å². The number of hydrogen-bond donors (Lipinski definition) is 2. The summed E-state index contributed by atoms with van der Waals surface area (Å²) in [5, 5.41) is 12.7. The number of nitrogens with one attached hydrogen (secondary N) is 1. The number of aromatic carboxylic acids is 1. The smallest absolute Gasteiger partial charge is 0.335 e. The highest BCUT2D eigenvalue weighted by Gasteiger charge is 2.36. The van der Waals surface area contributed by atoms with Crippen molar-refractivity contribution in [3.8, 4) is 0 Å². The van der Waals surface area contributed by atoms with Gasteiger partial charge in [0, 0.05) is 31.7 Å². The van der Waals surface area contributed by atoms with Crippen LogP contribution in [0.2, 0.25) is 0 Å². The first-order valence-electron chi connectivity index (χ1n) is 8.87. The monoisotopic (exact) mass is 332 g/mol. The van der Waals surface area contributed by atoms with Crippen molar-refractivity contribution < 1.29 is 14.6 Å². The molecule has 1 aromatic carbocycles. The van der Waals surface area contributed by atoms with E-state index in [0.29, 0.717) is 5.56 Å².